The molecule has 0 heterocycles. The molecule has 0 aliphatic heterocycles. The van der Waals surface area contributed by atoms with Gasteiger partial charge in [0.1, 0.15) is 12.6 Å². The summed E-state index contributed by atoms with van der Waals surface area (Å²) in [7, 11) is 0. The van der Waals surface area contributed by atoms with Gasteiger partial charge in [-0.3, -0.25) is 9.59 Å². The fraction of sp³-hybridized carbons (Fsp3) is 0.444. The topological polar surface area (TPSA) is 105 Å². The summed E-state index contributed by atoms with van der Waals surface area (Å²) in [6.07, 6.45) is 1.31. The molecule has 2 aliphatic carbocycles. The van der Waals surface area contributed by atoms with Crippen LogP contribution in [0.4, 0.5) is 4.79 Å². The van der Waals surface area contributed by atoms with Crippen LogP contribution in [0.5, 0.6) is 0 Å². The van der Waals surface area contributed by atoms with Crippen LogP contribution in [0.25, 0.3) is 11.1 Å². The number of hydrogen-bond acceptors (Lipinski definition) is 4. The number of fused-ring (bicyclic) bond motifs is 3. The highest BCUT2D eigenvalue weighted by Gasteiger charge is 2.43. The Bertz CT molecular complexity index is 1020. The van der Waals surface area contributed by atoms with E-state index < -0.39 is 18.1 Å². The fourth-order valence-corrected chi connectivity index (χ4v) is 4.71. The van der Waals surface area contributed by atoms with E-state index in [9.17, 15) is 14.4 Å². The standard InChI is InChI=1S/C27H32N2O5/c1-3-16(2)12-24(25(30)28-14-17-13-22(17)26(31)32)29-27(33)34-15-23-20-10-6-4-8-18(20)19-9-5-7-11-21(19)23/h4-11,16-17,22-24H,3,12-15H2,1-2H3,(H,28,30)(H,29,33)(H,31,32)/t16?,17-,22-,24?/m1/s1. The van der Waals surface area contributed by atoms with Crippen LogP contribution >= 0.6 is 0 Å². The summed E-state index contributed by atoms with van der Waals surface area (Å²) >= 11 is 0. The summed E-state index contributed by atoms with van der Waals surface area (Å²) < 4.78 is 5.61. The van der Waals surface area contributed by atoms with E-state index in [2.05, 4.69) is 34.9 Å². The van der Waals surface area contributed by atoms with Crippen molar-refractivity contribution in [2.75, 3.05) is 13.2 Å². The molecule has 3 N–H and O–H groups in total. The van der Waals surface area contributed by atoms with Crippen LogP contribution < -0.4 is 10.6 Å². The van der Waals surface area contributed by atoms with Crippen LogP contribution in [0.2, 0.25) is 0 Å². The third kappa shape index (κ3) is 5.24. The van der Waals surface area contributed by atoms with Gasteiger partial charge in [-0.2, -0.15) is 0 Å². The highest BCUT2D eigenvalue weighted by molar-refractivity contribution is 5.86. The van der Waals surface area contributed by atoms with E-state index >= 15 is 0 Å². The van der Waals surface area contributed by atoms with Crippen LogP contribution in [0.1, 0.15) is 50.2 Å². The second-order valence-corrected chi connectivity index (χ2v) is 9.46. The molecule has 0 radical (unpaired) electrons. The van der Waals surface area contributed by atoms with Crippen LogP contribution in [0.3, 0.4) is 0 Å². The number of carboxylic acid groups (broad SMARTS) is 1. The van der Waals surface area contributed by atoms with Crippen molar-refractivity contribution in [1.29, 1.82) is 0 Å². The molecule has 2 amide bonds. The number of carboxylic acids is 1. The first kappa shape index (κ1) is 23.8. The quantitative estimate of drug-likeness (QED) is 0.490. The Hall–Kier alpha value is -3.35. The van der Waals surface area contributed by atoms with Crippen molar-refractivity contribution in [3.8, 4) is 11.1 Å². The Morgan fingerprint density at radius 3 is 2.24 bits per heavy atom. The van der Waals surface area contributed by atoms with Crippen LogP contribution in [-0.2, 0) is 14.3 Å². The summed E-state index contributed by atoms with van der Waals surface area (Å²) in [6, 6.07) is 15.5. The minimum atomic E-state index is -0.827. The Labute approximate surface area is 199 Å². The van der Waals surface area contributed by atoms with Crippen molar-refractivity contribution in [2.24, 2.45) is 17.8 Å². The second kappa shape index (κ2) is 10.3. The molecule has 4 atom stereocenters. The molecular formula is C27H32N2O5. The first-order valence-electron chi connectivity index (χ1n) is 12.0. The summed E-state index contributed by atoms with van der Waals surface area (Å²) in [5.41, 5.74) is 4.56. The summed E-state index contributed by atoms with van der Waals surface area (Å²) in [4.78, 5) is 36.5. The molecule has 0 aromatic heterocycles. The monoisotopic (exact) mass is 464 g/mol. The number of benzene rings is 2. The van der Waals surface area contributed by atoms with Gasteiger partial charge in [0.2, 0.25) is 5.91 Å². The lowest BCUT2D eigenvalue weighted by molar-refractivity contribution is -0.139. The van der Waals surface area contributed by atoms with E-state index in [0.717, 1.165) is 28.7 Å². The Kier molecular flexibility index (Phi) is 7.20. The molecule has 180 valence electrons. The van der Waals surface area contributed by atoms with Gasteiger partial charge in [-0.15, -0.1) is 0 Å². The smallest absolute Gasteiger partial charge is 0.407 e. The molecule has 34 heavy (non-hydrogen) atoms. The molecule has 2 aromatic rings. The summed E-state index contributed by atoms with van der Waals surface area (Å²) in [5, 5.41) is 14.6. The zero-order valence-corrected chi connectivity index (χ0v) is 19.6. The maximum atomic E-state index is 12.8. The number of alkyl carbamates (subject to hydrolysis) is 1. The molecule has 2 aliphatic rings. The van der Waals surface area contributed by atoms with Gasteiger partial charge in [-0.1, -0.05) is 68.8 Å². The number of hydrogen-bond donors (Lipinski definition) is 3. The molecule has 7 nitrogen and oxygen atoms in total. The first-order chi connectivity index (χ1) is 16.4. The average molecular weight is 465 g/mol. The van der Waals surface area contributed by atoms with Crippen LogP contribution in [0, 0.1) is 17.8 Å². The SMILES string of the molecule is CCC(C)CC(NC(=O)OCC1c2ccccc2-c2ccccc21)C(=O)NC[C@H]1C[C@H]1C(=O)O. The molecule has 2 unspecified atom stereocenters. The van der Waals surface area contributed by atoms with E-state index in [1.165, 1.54) is 0 Å². The molecule has 0 saturated heterocycles. The van der Waals surface area contributed by atoms with Gasteiger partial charge >= 0.3 is 12.1 Å². The van der Waals surface area contributed by atoms with E-state index in [-0.39, 0.29) is 36.2 Å². The number of amides is 2. The minimum absolute atomic E-state index is 0.0415. The molecular weight excluding hydrogens is 432 g/mol. The number of aliphatic carboxylic acids is 1. The predicted octanol–water partition coefficient (Wildman–Crippen LogP) is 4.17. The molecule has 2 aromatic carbocycles. The number of carbonyl (C=O) groups excluding carboxylic acids is 2. The molecule has 0 bridgehead atoms. The van der Waals surface area contributed by atoms with Crippen molar-refractivity contribution in [2.45, 2.75) is 45.1 Å². The zero-order chi connectivity index (χ0) is 24.2. The zero-order valence-electron chi connectivity index (χ0n) is 19.6. The predicted molar refractivity (Wildman–Crippen MR) is 128 cm³/mol. The Balaban J connectivity index is 1.36. The van der Waals surface area contributed by atoms with Crippen LogP contribution in [0.15, 0.2) is 48.5 Å². The molecule has 4 rings (SSSR count). The number of ether oxygens (including phenoxy) is 1. The van der Waals surface area contributed by atoms with Gasteiger partial charge in [-0.25, -0.2) is 4.79 Å². The minimum Gasteiger partial charge on any atom is -0.481 e. The third-order valence-electron chi connectivity index (χ3n) is 7.07. The Morgan fingerprint density at radius 1 is 1.06 bits per heavy atom. The maximum Gasteiger partial charge on any atom is 0.407 e. The van der Waals surface area contributed by atoms with E-state index in [4.69, 9.17) is 9.84 Å². The largest absolute Gasteiger partial charge is 0.481 e. The first-order valence-corrected chi connectivity index (χ1v) is 12.0. The molecule has 1 fully saturated rings. The van der Waals surface area contributed by atoms with Gasteiger partial charge in [-0.05, 0) is 46.9 Å². The lowest BCUT2D eigenvalue weighted by Crippen LogP contribution is -2.48. The number of carbonyl (C=O) groups is 3. The Morgan fingerprint density at radius 2 is 1.68 bits per heavy atom. The van der Waals surface area contributed by atoms with E-state index in [1.54, 1.807) is 0 Å². The molecule has 1 saturated carbocycles. The second-order valence-electron chi connectivity index (χ2n) is 9.46. The summed E-state index contributed by atoms with van der Waals surface area (Å²) in [6.45, 7) is 4.55. The van der Waals surface area contributed by atoms with Crippen molar-refractivity contribution in [3.63, 3.8) is 0 Å². The van der Waals surface area contributed by atoms with Crippen molar-refractivity contribution < 1.29 is 24.2 Å². The average Bonchev–Trinajstić information content (AvgIpc) is 3.56. The lowest BCUT2D eigenvalue weighted by Gasteiger charge is -2.22. The van der Waals surface area contributed by atoms with Crippen molar-refractivity contribution >= 4 is 18.0 Å². The van der Waals surface area contributed by atoms with E-state index in [1.807, 2.05) is 38.1 Å². The van der Waals surface area contributed by atoms with Gasteiger partial charge in [0.15, 0.2) is 0 Å². The van der Waals surface area contributed by atoms with Gasteiger partial charge < -0.3 is 20.5 Å². The maximum absolute atomic E-state index is 12.8. The fourth-order valence-electron chi connectivity index (χ4n) is 4.71. The summed E-state index contributed by atoms with van der Waals surface area (Å²) in [5.74, 6) is -1.37. The molecule has 7 heteroatoms. The van der Waals surface area contributed by atoms with Crippen molar-refractivity contribution in [1.82, 2.24) is 10.6 Å². The highest BCUT2D eigenvalue weighted by Crippen LogP contribution is 2.44. The van der Waals surface area contributed by atoms with Crippen molar-refractivity contribution in [3.05, 3.63) is 59.7 Å². The number of rotatable bonds is 10. The number of nitrogens with one attached hydrogen (secondary N) is 2. The lowest BCUT2D eigenvalue weighted by atomic mass is 9.98. The highest BCUT2D eigenvalue weighted by atomic mass is 16.5. The van der Waals surface area contributed by atoms with Gasteiger partial charge in [0.05, 0.1) is 5.92 Å². The molecule has 0 spiro atoms. The van der Waals surface area contributed by atoms with Gasteiger partial charge in [0.25, 0.3) is 0 Å². The van der Waals surface area contributed by atoms with Crippen LogP contribution in [-0.4, -0.2) is 42.3 Å². The van der Waals surface area contributed by atoms with E-state index in [0.29, 0.717) is 19.4 Å². The third-order valence-corrected chi connectivity index (χ3v) is 7.07. The normalized spacial score (nSPS) is 19.9. The van der Waals surface area contributed by atoms with Gasteiger partial charge in [0, 0.05) is 12.5 Å².